The molecule has 0 spiro atoms. The maximum atomic E-state index is 12.3. The number of aromatic nitrogens is 2. The Kier molecular flexibility index (Phi) is 7.20. The van der Waals surface area contributed by atoms with Crippen molar-refractivity contribution in [3.05, 3.63) is 35.7 Å². The van der Waals surface area contributed by atoms with Gasteiger partial charge in [0.2, 0.25) is 17.6 Å². The van der Waals surface area contributed by atoms with Crippen LogP contribution in [0.5, 0.6) is 0 Å². The third-order valence-electron chi connectivity index (χ3n) is 5.69. The van der Waals surface area contributed by atoms with Gasteiger partial charge in [0.05, 0.1) is 0 Å². The fraction of sp³-hybridized carbons (Fsp3) is 0.591. The third kappa shape index (κ3) is 5.41. The fourth-order valence-corrected chi connectivity index (χ4v) is 3.90. The zero-order valence-electron chi connectivity index (χ0n) is 17.0. The van der Waals surface area contributed by atoms with Crippen molar-refractivity contribution in [2.45, 2.75) is 70.8 Å². The van der Waals surface area contributed by atoms with Crippen molar-refractivity contribution in [3.8, 4) is 11.4 Å². The summed E-state index contributed by atoms with van der Waals surface area (Å²) in [4.78, 5) is 16.8. The molecular formula is C22H32N4O2. The zero-order valence-corrected chi connectivity index (χ0v) is 17.0. The van der Waals surface area contributed by atoms with Gasteiger partial charge in [0.25, 0.3) is 0 Å². The number of nitrogens with two attached hydrogens (primary N) is 1. The van der Waals surface area contributed by atoms with E-state index in [-0.39, 0.29) is 11.9 Å². The van der Waals surface area contributed by atoms with Gasteiger partial charge in [0.15, 0.2) is 0 Å². The Hall–Kier alpha value is -2.21. The summed E-state index contributed by atoms with van der Waals surface area (Å²) in [5.74, 6) is 2.04. The van der Waals surface area contributed by atoms with Crippen LogP contribution in [0.4, 0.5) is 0 Å². The average Bonchev–Trinajstić information content (AvgIpc) is 3.20. The highest BCUT2D eigenvalue weighted by Gasteiger charge is 2.24. The first-order valence-corrected chi connectivity index (χ1v) is 10.5. The summed E-state index contributed by atoms with van der Waals surface area (Å²) >= 11 is 0. The highest BCUT2D eigenvalue weighted by molar-refractivity contribution is 5.76. The van der Waals surface area contributed by atoms with Crippen LogP contribution in [0.15, 0.2) is 28.8 Å². The number of nitrogens with zero attached hydrogens (tertiary/aromatic N) is 2. The minimum atomic E-state index is 0.00191. The first kappa shape index (κ1) is 20.5. The Morgan fingerprint density at radius 2 is 1.93 bits per heavy atom. The molecule has 1 saturated carbocycles. The standard InChI is InChI=1S/C22H32N4O2/c1-15(2)16-8-10-18(11-9-16)22-25-21(28-26-22)13-12-20(27)24-19(14-23)17-6-4-3-5-7-17/h8-11,15,17,19H,3-7,12-14,23H2,1-2H3,(H,24,27). The minimum absolute atomic E-state index is 0.00191. The van der Waals surface area contributed by atoms with Crippen LogP contribution in [0.25, 0.3) is 11.4 Å². The Balaban J connectivity index is 1.51. The molecule has 0 radical (unpaired) electrons. The lowest BCUT2D eigenvalue weighted by Crippen LogP contribution is -2.46. The molecule has 3 rings (SSSR count). The zero-order chi connectivity index (χ0) is 19.9. The molecule has 1 unspecified atom stereocenters. The quantitative estimate of drug-likeness (QED) is 0.721. The van der Waals surface area contributed by atoms with Crippen LogP contribution in [0.3, 0.4) is 0 Å². The predicted octanol–water partition coefficient (Wildman–Crippen LogP) is 3.82. The fourth-order valence-electron chi connectivity index (χ4n) is 3.90. The first-order valence-electron chi connectivity index (χ1n) is 10.5. The van der Waals surface area contributed by atoms with Crippen LogP contribution in [-0.4, -0.2) is 28.6 Å². The number of hydrogen-bond donors (Lipinski definition) is 2. The molecule has 1 aliphatic carbocycles. The molecule has 1 fully saturated rings. The van der Waals surface area contributed by atoms with Crippen molar-refractivity contribution in [1.29, 1.82) is 0 Å². The summed E-state index contributed by atoms with van der Waals surface area (Å²) in [6.07, 6.45) is 6.85. The number of benzene rings is 1. The molecule has 6 heteroatoms. The van der Waals surface area contributed by atoms with Crippen LogP contribution >= 0.6 is 0 Å². The Bertz CT molecular complexity index is 748. The molecule has 28 heavy (non-hydrogen) atoms. The lowest BCUT2D eigenvalue weighted by atomic mass is 9.84. The van der Waals surface area contributed by atoms with Gasteiger partial charge >= 0.3 is 0 Å². The van der Waals surface area contributed by atoms with Gasteiger partial charge in [0, 0.05) is 31.0 Å². The maximum Gasteiger partial charge on any atom is 0.227 e. The largest absolute Gasteiger partial charge is 0.352 e. The summed E-state index contributed by atoms with van der Waals surface area (Å²) in [6, 6.07) is 8.26. The Morgan fingerprint density at radius 3 is 2.57 bits per heavy atom. The minimum Gasteiger partial charge on any atom is -0.352 e. The van der Waals surface area contributed by atoms with Crippen LogP contribution < -0.4 is 11.1 Å². The van der Waals surface area contributed by atoms with E-state index in [0.29, 0.717) is 42.9 Å². The second-order valence-electron chi connectivity index (χ2n) is 8.10. The molecular weight excluding hydrogens is 352 g/mol. The van der Waals surface area contributed by atoms with Gasteiger partial charge in [-0.25, -0.2) is 0 Å². The molecule has 6 nitrogen and oxygen atoms in total. The number of nitrogens with one attached hydrogen (secondary N) is 1. The van der Waals surface area contributed by atoms with Crippen molar-refractivity contribution >= 4 is 5.91 Å². The van der Waals surface area contributed by atoms with Gasteiger partial charge in [-0.3, -0.25) is 4.79 Å². The van der Waals surface area contributed by atoms with E-state index in [0.717, 1.165) is 18.4 Å². The van der Waals surface area contributed by atoms with Crippen molar-refractivity contribution in [2.24, 2.45) is 11.7 Å². The molecule has 152 valence electrons. The predicted molar refractivity (Wildman–Crippen MR) is 110 cm³/mol. The highest BCUT2D eigenvalue weighted by Crippen LogP contribution is 2.26. The van der Waals surface area contributed by atoms with E-state index in [1.807, 2.05) is 12.1 Å². The molecule has 1 aliphatic rings. The van der Waals surface area contributed by atoms with E-state index in [9.17, 15) is 4.79 Å². The number of rotatable bonds is 8. The van der Waals surface area contributed by atoms with Gasteiger partial charge in [-0.1, -0.05) is 62.5 Å². The molecule has 1 atom stereocenters. The Morgan fingerprint density at radius 1 is 1.21 bits per heavy atom. The number of carbonyl (C=O) groups is 1. The van der Waals surface area contributed by atoms with Gasteiger partial charge in [-0.2, -0.15) is 4.98 Å². The second kappa shape index (κ2) is 9.82. The molecule has 1 aromatic carbocycles. The van der Waals surface area contributed by atoms with Crippen molar-refractivity contribution in [1.82, 2.24) is 15.5 Å². The van der Waals surface area contributed by atoms with Crippen LogP contribution in [0.1, 0.15) is 69.7 Å². The Labute approximate surface area is 167 Å². The normalized spacial score (nSPS) is 16.3. The number of aryl methyl sites for hydroxylation is 1. The first-order chi connectivity index (χ1) is 13.6. The third-order valence-corrected chi connectivity index (χ3v) is 5.69. The van der Waals surface area contributed by atoms with Gasteiger partial charge in [0.1, 0.15) is 0 Å². The molecule has 2 aromatic rings. The molecule has 0 aliphatic heterocycles. The van der Waals surface area contributed by atoms with Crippen LogP contribution in [0, 0.1) is 5.92 Å². The van der Waals surface area contributed by atoms with Crippen molar-refractivity contribution in [3.63, 3.8) is 0 Å². The number of amides is 1. The maximum absolute atomic E-state index is 12.3. The van der Waals surface area contributed by atoms with E-state index in [1.54, 1.807) is 0 Å². The van der Waals surface area contributed by atoms with E-state index >= 15 is 0 Å². The molecule has 1 aromatic heterocycles. The SMILES string of the molecule is CC(C)c1ccc(-c2noc(CCC(=O)NC(CN)C3CCCCC3)n2)cc1. The molecule has 1 heterocycles. The second-order valence-corrected chi connectivity index (χ2v) is 8.10. The summed E-state index contributed by atoms with van der Waals surface area (Å²) < 4.78 is 5.33. The van der Waals surface area contributed by atoms with Gasteiger partial charge in [-0.15, -0.1) is 0 Å². The lowest BCUT2D eigenvalue weighted by Gasteiger charge is -2.30. The summed E-state index contributed by atoms with van der Waals surface area (Å²) in [6.45, 7) is 4.82. The summed E-state index contributed by atoms with van der Waals surface area (Å²) in [5, 5.41) is 7.16. The molecule has 1 amide bonds. The van der Waals surface area contributed by atoms with Gasteiger partial charge < -0.3 is 15.6 Å². The molecule has 0 saturated heterocycles. The van der Waals surface area contributed by atoms with E-state index in [1.165, 1.54) is 24.8 Å². The van der Waals surface area contributed by atoms with Crippen LogP contribution in [0.2, 0.25) is 0 Å². The smallest absolute Gasteiger partial charge is 0.227 e. The van der Waals surface area contributed by atoms with Crippen molar-refractivity contribution < 1.29 is 9.32 Å². The van der Waals surface area contributed by atoms with Gasteiger partial charge in [-0.05, 0) is 30.2 Å². The monoisotopic (exact) mass is 384 g/mol. The highest BCUT2D eigenvalue weighted by atomic mass is 16.5. The van der Waals surface area contributed by atoms with E-state index < -0.39 is 0 Å². The lowest BCUT2D eigenvalue weighted by molar-refractivity contribution is -0.122. The summed E-state index contributed by atoms with van der Waals surface area (Å²) in [5.41, 5.74) is 8.10. The van der Waals surface area contributed by atoms with Crippen molar-refractivity contribution in [2.75, 3.05) is 6.54 Å². The summed E-state index contributed by atoms with van der Waals surface area (Å²) in [7, 11) is 0. The van der Waals surface area contributed by atoms with E-state index in [2.05, 4.69) is 41.4 Å². The number of carbonyl (C=O) groups excluding carboxylic acids is 1. The van der Waals surface area contributed by atoms with Crippen LogP contribution in [-0.2, 0) is 11.2 Å². The topological polar surface area (TPSA) is 94.0 Å². The van der Waals surface area contributed by atoms with E-state index in [4.69, 9.17) is 10.3 Å². The molecule has 0 bridgehead atoms. The molecule has 3 N–H and O–H groups in total. The average molecular weight is 385 g/mol. The number of hydrogen-bond acceptors (Lipinski definition) is 5.